The van der Waals surface area contributed by atoms with Gasteiger partial charge in [0.25, 0.3) is 0 Å². The van der Waals surface area contributed by atoms with Crippen LogP contribution in [0.5, 0.6) is 0 Å². The van der Waals surface area contributed by atoms with Crippen molar-refractivity contribution in [3.63, 3.8) is 0 Å². The zero-order chi connectivity index (χ0) is 11.6. The van der Waals surface area contributed by atoms with Gasteiger partial charge in [-0.3, -0.25) is 4.79 Å². The van der Waals surface area contributed by atoms with E-state index in [9.17, 15) is 14.7 Å². The first-order valence-corrected chi connectivity index (χ1v) is 5.17. The van der Waals surface area contributed by atoms with Gasteiger partial charge in [0.2, 0.25) is 5.91 Å². The minimum Gasteiger partial charge on any atom is -0.480 e. The third-order valence-corrected chi connectivity index (χ3v) is 2.91. The van der Waals surface area contributed by atoms with Crippen molar-refractivity contribution in [1.82, 2.24) is 4.90 Å². The van der Waals surface area contributed by atoms with E-state index < -0.39 is 18.1 Å². The number of carboxylic acids is 1. The Labute approximate surface area is 88.7 Å². The zero-order valence-corrected chi connectivity index (χ0v) is 9.01. The number of rotatable bonds is 4. The standard InChI is InChI=1S/C10H17NO4/c1-3-6(2)9(10(14)15)11-5-7(12)4-8(11)13/h6-7,9,12H,3-5H2,1-2H3,(H,14,15). The molecule has 0 bridgehead atoms. The fourth-order valence-corrected chi connectivity index (χ4v) is 1.89. The van der Waals surface area contributed by atoms with Crippen molar-refractivity contribution in [1.29, 1.82) is 0 Å². The minimum absolute atomic E-state index is 0.0419. The smallest absolute Gasteiger partial charge is 0.326 e. The van der Waals surface area contributed by atoms with E-state index in [4.69, 9.17) is 5.11 Å². The molecule has 1 rings (SSSR count). The van der Waals surface area contributed by atoms with Gasteiger partial charge >= 0.3 is 5.97 Å². The summed E-state index contributed by atoms with van der Waals surface area (Å²) in [6.07, 6.45) is 0.0141. The van der Waals surface area contributed by atoms with Crippen LogP contribution in [0.3, 0.4) is 0 Å². The lowest BCUT2D eigenvalue weighted by molar-refractivity contribution is -0.150. The monoisotopic (exact) mass is 215 g/mol. The fourth-order valence-electron chi connectivity index (χ4n) is 1.89. The Balaban J connectivity index is 2.81. The van der Waals surface area contributed by atoms with Gasteiger partial charge in [0, 0.05) is 6.54 Å². The third-order valence-electron chi connectivity index (χ3n) is 2.91. The molecule has 3 atom stereocenters. The number of amides is 1. The average Bonchev–Trinajstić information content (AvgIpc) is 2.45. The Morgan fingerprint density at radius 2 is 2.27 bits per heavy atom. The molecule has 15 heavy (non-hydrogen) atoms. The third kappa shape index (κ3) is 2.47. The molecule has 0 aromatic rings. The van der Waals surface area contributed by atoms with Crippen LogP contribution in [0.1, 0.15) is 26.7 Å². The number of hydrogen-bond acceptors (Lipinski definition) is 3. The lowest BCUT2D eigenvalue weighted by atomic mass is 9.98. The second-order valence-electron chi connectivity index (χ2n) is 4.07. The maximum absolute atomic E-state index is 11.5. The summed E-state index contributed by atoms with van der Waals surface area (Å²) in [6.45, 7) is 3.83. The highest BCUT2D eigenvalue weighted by Crippen LogP contribution is 2.21. The summed E-state index contributed by atoms with van der Waals surface area (Å²) in [6, 6.07) is -0.806. The van der Waals surface area contributed by atoms with Crippen molar-refractivity contribution in [2.45, 2.75) is 38.8 Å². The van der Waals surface area contributed by atoms with Crippen molar-refractivity contribution < 1.29 is 19.8 Å². The molecule has 5 heteroatoms. The molecule has 3 unspecified atom stereocenters. The molecule has 1 amide bonds. The summed E-state index contributed by atoms with van der Waals surface area (Å²) in [4.78, 5) is 23.8. The van der Waals surface area contributed by atoms with Crippen LogP contribution in [0.4, 0.5) is 0 Å². The Bertz CT molecular complexity index is 266. The van der Waals surface area contributed by atoms with Crippen LogP contribution in [0, 0.1) is 5.92 Å². The summed E-state index contributed by atoms with van der Waals surface area (Å²) in [5.41, 5.74) is 0. The Kier molecular flexibility index (Phi) is 3.68. The first-order valence-electron chi connectivity index (χ1n) is 5.17. The Hall–Kier alpha value is -1.10. The van der Waals surface area contributed by atoms with E-state index in [0.29, 0.717) is 6.42 Å². The molecular weight excluding hydrogens is 198 g/mol. The number of hydrogen-bond donors (Lipinski definition) is 2. The lowest BCUT2D eigenvalue weighted by Gasteiger charge is -2.28. The number of carboxylic acid groups (broad SMARTS) is 1. The van der Waals surface area contributed by atoms with Crippen LogP contribution >= 0.6 is 0 Å². The van der Waals surface area contributed by atoms with Crippen LogP contribution in [0.15, 0.2) is 0 Å². The molecule has 0 aromatic carbocycles. The number of carbonyl (C=O) groups is 2. The normalized spacial score (nSPS) is 25.4. The number of aliphatic hydroxyl groups excluding tert-OH is 1. The van der Waals surface area contributed by atoms with Gasteiger partial charge < -0.3 is 15.1 Å². The number of β-amino-alcohol motifs (C(OH)–C–C–N with tert-alkyl or cyclic N) is 1. The molecular formula is C10H17NO4. The number of nitrogens with zero attached hydrogens (tertiary/aromatic N) is 1. The molecule has 0 radical (unpaired) electrons. The zero-order valence-electron chi connectivity index (χ0n) is 9.01. The van der Waals surface area contributed by atoms with Gasteiger partial charge in [0.05, 0.1) is 12.5 Å². The van der Waals surface area contributed by atoms with E-state index in [0.717, 1.165) is 0 Å². The van der Waals surface area contributed by atoms with Crippen molar-refractivity contribution >= 4 is 11.9 Å². The first kappa shape index (κ1) is 12.0. The molecule has 86 valence electrons. The van der Waals surface area contributed by atoms with E-state index >= 15 is 0 Å². The fraction of sp³-hybridized carbons (Fsp3) is 0.800. The molecule has 1 saturated heterocycles. The molecule has 0 saturated carbocycles. The van der Waals surface area contributed by atoms with E-state index in [1.165, 1.54) is 4.90 Å². The van der Waals surface area contributed by atoms with Crippen molar-refractivity contribution in [2.24, 2.45) is 5.92 Å². The Morgan fingerprint density at radius 1 is 1.67 bits per heavy atom. The largest absolute Gasteiger partial charge is 0.480 e. The van der Waals surface area contributed by atoms with Gasteiger partial charge in [-0.15, -0.1) is 0 Å². The number of aliphatic hydroxyl groups is 1. The second kappa shape index (κ2) is 4.61. The summed E-state index contributed by atoms with van der Waals surface area (Å²) in [7, 11) is 0. The van der Waals surface area contributed by atoms with Gasteiger partial charge in [0.15, 0.2) is 0 Å². The van der Waals surface area contributed by atoms with E-state index in [2.05, 4.69) is 0 Å². The minimum atomic E-state index is -0.994. The van der Waals surface area contributed by atoms with Crippen molar-refractivity contribution in [2.75, 3.05) is 6.54 Å². The topological polar surface area (TPSA) is 77.8 Å². The maximum atomic E-state index is 11.5. The predicted molar refractivity (Wildman–Crippen MR) is 53.2 cm³/mol. The van der Waals surface area contributed by atoms with Gasteiger partial charge in [-0.05, 0) is 5.92 Å². The van der Waals surface area contributed by atoms with Gasteiger partial charge in [-0.25, -0.2) is 4.79 Å². The molecule has 0 aliphatic carbocycles. The number of likely N-dealkylation sites (tertiary alicyclic amines) is 1. The first-order chi connectivity index (χ1) is 6.97. The van der Waals surface area contributed by atoms with Crippen LogP contribution in [-0.4, -0.2) is 45.7 Å². The van der Waals surface area contributed by atoms with Crippen molar-refractivity contribution in [3.05, 3.63) is 0 Å². The van der Waals surface area contributed by atoms with Gasteiger partial charge in [-0.1, -0.05) is 20.3 Å². The predicted octanol–water partition coefficient (Wildman–Crippen LogP) is 0.0789. The SMILES string of the molecule is CCC(C)C(C(=O)O)N1CC(O)CC1=O. The summed E-state index contributed by atoms with van der Waals surface area (Å²) >= 11 is 0. The van der Waals surface area contributed by atoms with E-state index in [1.807, 2.05) is 6.92 Å². The van der Waals surface area contributed by atoms with Gasteiger partial charge in [0.1, 0.15) is 6.04 Å². The quantitative estimate of drug-likeness (QED) is 0.696. The Morgan fingerprint density at radius 3 is 2.60 bits per heavy atom. The highest BCUT2D eigenvalue weighted by atomic mass is 16.4. The van der Waals surface area contributed by atoms with Crippen LogP contribution < -0.4 is 0 Å². The molecule has 2 N–H and O–H groups in total. The summed E-state index contributed by atoms with van der Waals surface area (Å²) in [5.74, 6) is -1.36. The molecule has 5 nitrogen and oxygen atoms in total. The van der Waals surface area contributed by atoms with Gasteiger partial charge in [-0.2, -0.15) is 0 Å². The number of aliphatic carboxylic acids is 1. The molecule has 0 aromatic heterocycles. The molecule has 0 spiro atoms. The number of carbonyl (C=O) groups excluding carboxylic acids is 1. The summed E-state index contributed by atoms with van der Waals surface area (Å²) < 4.78 is 0. The summed E-state index contributed by atoms with van der Waals surface area (Å²) in [5, 5.41) is 18.4. The highest BCUT2D eigenvalue weighted by Gasteiger charge is 2.39. The maximum Gasteiger partial charge on any atom is 0.326 e. The molecule has 1 aliphatic heterocycles. The van der Waals surface area contributed by atoms with E-state index in [-0.39, 0.29) is 24.8 Å². The highest BCUT2D eigenvalue weighted by molar-refractivity contribution is 5.85. The molecule has 1 heterocycles. The lowest BCUT2D eigenvalue weighted by Crippen LogP contribution is -2.46. The van der Waals surface area contributed by atoms with Crippen LogP contribution in [0.2, 0.25) is 0 Å². The van der Waals surface area contributed by atoms with E-state index in [1.54, 1.807) is 6.92 Å². The molecule has 1 aliphatic rings. The second-order valence-corrected chi connectivity index (χ2v) is 4.07. The average molecular weight is 215 g/mol. The van der Waals surface area contributed by atoms with Crippen molar-refractivity contribution in [3.8, 4) is 0 Å². The van der Waals surface area contributed by atoms with Crippen LogP contribution in [0.25, 0.3) is 0 Å². The van der Waals surface area contributed by atoms with Crippen LogP contribution in [-0.2, 0) is 9.59 Å². The molecule has 1 fully saturated rings.